The van der Waals surface area contributed by atoms with Gasteiger partial charge in [0.2, 0.25) is 0 Å². The summed E-state index contributed by atoms with van der Waals surface area (Å²) >= 11 is 1.69. The number of nitrogens with zero attached hydrogens (tertiary/aromatic N) is 3. The molecule has 0 spiro atoms. The van der Waals surface area contributed by atoms with E-state index in [0.29, 0.717) is 6.04 Å². The van der Waals surface area contributed by atoms with E-state index in [-0.39, 0.29) is 5.60 Å². The number of fused-ring (bicyclic) bond motifs is 1. The highest BCUT2D eigenvalue weighted by atomic mass is 32.1. The van der Waals surface area contributed by atoms with Crippen LogP contribution in [0.25, 0.3) is 10.2 Å². The largest absolute Gasteiger partial charge is 0.372 e. The molecule has 0 aliphatic carbocycles. The summed E-state index contributed by atoms with van der Waals surface area (Å²) in [5.41, 5.74) is -0.133. The Morgan fingerprint density at radius 1 is 1.45 bits per heavy atom. The molecule has 0 unspecified atom stereocenters. The summed E-state index contributed by atoms with van der Waals surface area (Å²) in [5, 5.41) is 3.26. The number of rotatable bonds is 2. The highest BCUT2D eigenvalue weighted by Crippen LogP contribution is 2.32. The van der Waals surface area contributed by atoms with E-state index in [1.807, 2.05) is 0 Å². The number of anilines is 1. The van der Waals surface area contributed by atoms with Crippen LogP contribution in [-0.4, -0.2) is 34.8 Å². The van der Waals surface area contributed by atoms with E-state index in [9.17, 15) is 0 Å². The van der Waals surface area contributed by atoms with Crippen LogP contribution in [-0.2, 0) is 11.2 Å². The summed E-state index contributed by atoms with van der Waals surface area (Å²) in [5.74, 6) is 1.99. The molecule has 1 atom stereocenters. The lowest BCUT2D eigenvalue weighted by molar-refractivity contribution is -0.0422. The first-order chi connectivity index (χ1) is 9.50. The van der Waals surface area contributed by atoms with Crippen LogP contribution in [0, 0.1) is 0 Å². The maximum Gasteiger partial charge on any atom is 0.141 e. The quantitative estimate of drug-likeness (QED) is 0.851. The molecule has 5 heteroatoms. The van der Waals surface area contributed by atoms with Gasteiger partial charge in [0.25, 0.3) is 0 Å². The third kappa shape index (κ3) is 2.40. The predicted octanol–water partition coefficient (Wildman–Crippen LogP) is 3.26. The fourth-order valence-electron chi connectivity index (χ4n) is 2.59. The van der Waals surface area contributed by atoms with Crippen LogP contribution in [0.5, 0.6) is 0 Å². The van der Waals surface area contributed by atoms with Crippen molar-refractivity contribution in [1.29, 1.82) is 0 Å². The van der Waals surface area contributed by atoms with Gasteiger partial charge in [-0.2, -0.15) is 0 Å². The zero-order chi connectivity index (χ0) is 14.3. The van der Waals surface area contributed by atoms with E-state index in [0.717, 1.165) is 41.4 Å². The van der Waals surface area contributed by atoms with Gasteiger partial charge in [0.1, 0.15) is 16.5 Å². The van der Waals surface area contributed by atoms with E-state index in [1.165, 1.54) is 0 Å². The number of thiophene rings is 1. The third-order valence-electron chi connectivity index (χ3n) is 3.74. The molecule has 108 valence electrons. The fourth-order valence-corrected chi connectivity index (χ4v) is 3.37. The maximum absolute atomic E-state index is 5.90. The number of aromatic nitrogens is 2. The van der Waals surface area contributed by atoms with E-state index in [1.54, 1.807) is 11.3 Å². The van der Waals surface area contributed by atoms with Crippen LogP contribution in [0.15, 0.2) is 11.4 Å². The van der Waals surface area contributed by atoms with Gasteiger partial charge in [-0.05, 0) is 32.2 Å². The van der Waals surface area contributed by atoms with Gasteiger partial charge >= 0.3 is 0 Å². The second-order valence-corrected chi connectivity index (χ2v) is 6.90. The summed E-state index contributed by atoms with van der Waals surface area (Å²) in [6.07, 6.45) is 0.864. The Labute approximate surface area is 123 Å². The first-order valence-electron chi connectivity index (χ1n) is 7.15. The minimum atomic E-state index is -0.133. The molecule has 4 nitrogen and oxygen atoms in total. The van der Waals surface area contributed by atoms with Crippen LogP contribution in [0.1, 0.15) is 33.5 Å². The van der Waals surface area contributed by atoms with Gasteiger partial charge in [0, 0.05) is 13.0 Å². The number of morpholine rings is 1. The molecule has 1 saturated heterocycles. The van der Waals surface area contributed by atoms with Gasteiger partial charge in [-0.15, -0.1) is 11.3 Å². The van der Waals surface area contributed by atoms with Crippen LogP contribution in [0.4, 0.5) is 5.82 Å². The van der Waals surface area contributed by atoms with E-state index in [4.69, 9.17) is 9.72 Å². The van der Waals surface area contributed by atoms with Crippen molar-refractivity contribution in [1.82, 2.24) is 9.97 Å². The average Bonchev–Trinajstić information content (AvgIpc) is 2.88. The topological polar surface area (TPSA) is 38.2 Å². The average molecular weight is 291 g/mol. The third-order valence-corrected chi connectivity index (χ3v) is 4.54. The summed E-state index contributed by atoms with van der Waals surface area (Å²) < 4.78 is 5.90. The molecule has 20 heavy (non-hydrogen) atoms. The van der Waals surface area contributed by atoms with Gasteiger partial charge in [-0.25, -0.2) is 9.97 Å². The first kappa shape index (κ1) is 13.8. The molecule has 0 saturated carbocycles. The monoisotopic (exact) mass is 291 g/mol. The van der Waals surface area contributed by atoms with Crippen molar-refractivity contribution >= 4 is 27.4 Å². The first-order valence-corrected chi connectivity index (χ1v) is 8.03. The molecule has 0 amide bonds. The highest BCUT2D eigenvalue weighted by molar-refractivity contribution is 7.16. The minimum Gasteiger partial charge on any atom is -0.372 e. The summed E-state index contributed by atoms with van der Waals surface area (Å²) in [6.45, 7) is 10.2. The Bertz CT molecular complexity index is 623. The molecular formula is C15H21N3OS. The Balaban J connectivity index is 2.09. The molecular weight excluding hydrogens is 270 g/mol. The Morgan fingerprint density at radius 2 is 2.25 bits per heavy atom. The van der Waals surface area contributed by atoms with Crippen molar-refractivity contribution < 1.29 is 4.74 Å². The molecule has 1 aliphatic rings. The van der Waals surface area contributed by atoms with Crippen molar-refractivity contribution in [3.63, 3.8) is 0 Å². The van der Waals surface area contributed by atoms with Gasteiger partial charge in [0.15, 0.2) is 0 Å². The predicted molar refractivity (Wildman–Crippen MR) is 83.6 cm³/mol. The van der Waals surface area contributed by atoms with Crippen molar-refractivity contribution in [2.45, 2.75) is 45.8 Å². The van der Waals surface area contributed by atoms with E-state index < -0.39 is 0 Å². The summed E-state index contributed by atoms with van der Waals surface area (Å²) in [6, 6.07) is 2.47. The van der Waals surface area contributed by atoms with Gasteiger partial charge in [0.05, 0.1) is 23.6 Å². The van der Waals surface area contributed by atoms with Gasteiger partial charge in [-0.1, -0.05) is 6.92 Å². The standard InChI is InChI=1S/C15H21N3OS/c1-5-12-16-13(11-6-7-20-14(11)17-12)18-9-15(3,4)19-8-10(18)2/h6-7,10H,5,8-9H2,1-4H3/t10-/m0/s1. The smallest absolute Gasteiger partial charge is 0.141 e. The number of ether oxygens (including phenoxy) is 1. The summed E-state index contributed by atoms with van der Waals surface area (Å²) in [7, 11) is 0. The van der Waals surface area contributed by atoms with Crippen LogP contribution < -0.4 is 4.90 Å². The molecule has 0 radical (unpaired) electrons. The molecule has 1 fully saturated rings. The molecule has 0 aromatic carbocycles. The van der Waals surface area contributed by atoms with Crippen LogP contribution in [0.3, 0.4) is 0 Å². The van der Waals surface area contributed by atoms with Gasteiger partial charge < -0.3 is 9.64 Å². The Hall–Kier alpha value is -1.20. The fraction of sp³-hybridized carbons (Fsp3) is 0.600. The van der Waals surface area contributed by atoms with Crippen molar-refractivity contribution in [3.8, 4) is 0 Å². The van der Waals surface area contributed by atoms with E-state index >= 15 is 0 Å². The lowest BCUT2D eigenvalue weighted by Crippen LogP contribution is -2.53. The number of aryl methyl sites for hydroxylation is 1. The number of hydrogen-bond donors (Lipinski definition) is 0. The normalized spacial score (nSPS) is 22.4. The zero-order valence-electron chi connectivity index (χ0n) is 12.5. The number of hydrogen-bond acceptors (Lipinski definition) is 5. The molecule has 2 aromatic rings. The molecule has 1 aliphatic heterocycles. The van der Waals surface area contributed by atoms with Crippen molar-refractivity contribution in [2.75, 3.05) is 18.1 Å². The maximum atomic E-state index is 5.90. The molecule has 2 aromatic heterocycles. The van der Waals surface area contributed by atoms with Crippen molar-refractivity contribution in [3.05, 3.63) is 17.3 Å². The summed E-state index contributed by atoms with van der Waals surface area (Å²) in [4.78, 5) is 12.9. The highest BCUT2D eigenvalue weighted by Gasteiger charge is 2.33. The molecule has 3 heterocycles. The zero-order valence-corrected chi connectivity index (χ0v) is 13.3. The molecule has 0 N–H and O–H groups in total. The second kappa shape index (κ2) is 4.97. The van der Waals surface area contributed by atoms with E-state index in [2.05, 4.69) is 49.0 Å². The lowest BCUT2D eigenvalue weighted by atomic mass is 10.0. The minimum absolute atomic E-state index is 0.133. The lowest BCUT2D eigenvalue weighted by Gasteiger charge is -2.43. The Morgan fingerprint density at radius 3 is 3.00 bits per heavy atom. The van der Waals surface area contributed by atoms with Gasteiger partial charge in [-0.3, -0.25) is 0 Å². The molecule has 3 rings (SSSR count). The second-order valence-electron chi connectivity index (χ2n) is 6.00. The van der Waals surface area contributed by atoms with Crippen LogP contribution >= 0.6 is 11.3 Å². The van der Waals surface area contributed by atoms with Crippen molar-refractivity contribution in [2.24, 2.45) is 0 Å². The molecule has 0 bridgehead atoms. The van der Waals surface area contributed by atoms with Crippen LogP contribution in [0.2, 0.25) is 0 Å². The Kier molecular flexibility index (Phi) is 3.42. The SMILES string of the molecule is CCc1nc(N2CC(C)(C)OC[C@@H]2C)c2ccsc2n1.